The summed E-state index contributed by atoms with van der Waals surface area (Å²) in [4.78, 5) is 0. The maximum absolute atomic E-state index is 2.44. The number of nitrogens with zero attached hydrogens (tertiary/aromatic N) is 2. The molecule has 0 fully saturated rings. The maximum Gasteiger partial charge on any atom is 0.0541 e. The fourth-order valence-electron chi connectivity index (χ4n) is 15.7. The normalized spacial score (nSPS) is 11.5. The third-order valence-corrected chi connectivity index (χ3v) is 20.9. The first-order valence-corrected chi connectivity index (χ1v) is 35.8. The highest BCUT2D eigenvalue weighted by atomic mass is 15.0. The van der Waals surface area contributed by atoms with Gasteiger partial charge in [-0.05, 0) is 249 Å². The highest BCUT2D eigenvalue weighted by Gasteiger charge is 2.19. The Morgan fingerprint density at radius 1 is 0.106 bits per heavy atom. The van der Waals surface area contributed by atoms with Crippen LogP contribution in [0.1, 0.15) is 0 Å². The van der Waals surface area contributed by atoms with Crippen LogP contribution in [0.4, 0.5) is 0 Å². The molecule has 0 spiro atoms. The van der Waals surface area contributed by atoms with Gasteiger partial charge >= 0.3 is 0 Å². The lowest BCUT2D eigenvalue weighted by Gasteiger charge is -2.15. The molecule has 2 heteroatoms. The molecule has 104 heavy (non-hydrogen) atoms. The van der Waals surface area contributed by atoms with Crippen LogP contribution in [-0.4, -0.2) is 9.13 Å². The van der Waals surface area contributed by atoms with Crippen LogP contribution in [0.3, 0.4) is 0 Å². The second-order valence-corrected chi connectivity index (χ2v) is 27.2. The molecule has 2 aromatic heterocycles. The molecule has 0 unspecified atom stereocenters. The molecule has 486 valence electrons. The minimum absolute atomic E-state index is 1.11. The molecule has 0 aliphatic rings. The van der Waals surface area contributed by atoms with Crippen LogP contribution in [0.2, 0.25) is 0 Å². The minimum Gasteiger partial charge on any atom is -0.309 e. The molecule has 0 N–H and O–H groups in total. The van der Waals surface area contributed by atoms with Gasteiger partial charge in [-0.15, -0.1) is 0 Å². The summed E-state index contributed by atoms with van der Waals surface area (Å²) in [6, 6.07) is 152. The van der Waals surface area contributed by atoms with Gasteiger partial charge in [-0.2, -0.15) is 0 Å². The van der Waals surface area contributed by atoms with Gasteiger partial charge in [0.1, 0.15) is 0 Å². The summed E-state index contributed by atoms with van der Waals surface area (Å²) in [7, 11) is 0. The molecular weight excluding hydrogens is 1250 g/mol. The molecule has 0 saturated heterocycles. The van der Waals surface area contributed by atoms with E-state index in [1.54, 1.807) is 0 Å². The summed E-state index contributed by atoms with van der Waals surface area (Å²) in [6.07, 6.45) is 0. The van der Waals surface area contributed by atoms with Crippen LogP contribution in [0.5, 0.6) is 0 Å². The van der Waals surface area contributed by atoms with Crippen LogP contribution in [0.25, 0.3) is 189 Å². The average molecular weight is 1320 g/mol. The number of rotatable bonds is 14. The molecule has 0 aliphatic carbocycles. The molecule has 0 aliphatic heterocycles. The molecule has 0 bridgehead atoms. The van der Waals surface area contributed by atoms with Crippen molar-refractivity contribution in [2.45, 2.75) is 0 Å². The molecular formula is C102H68N2. The fraction of sp³-hybridized carbons (Fsp3) is 0. The van der Waals surface area contributed by atoms with Crippen molar-refractivity contribution in [2.75, 3.05) is 0 Å². The molecule has 19 aromatic rings. The van der Waals surface area contributed by atoms with E-state index >= 15 is 0 Å². The Morgan fingerprint density at radius 2 is 0.298 bits per heavy atom. The zero-order valence-corrected chi connectivity index (χ0v) is 57.2. The molecule has 19 rings (SSSR count). The van der Waals surface area contributed by atoms with E-state index in [9.17, 15) is 0 Å². The summed E-state index contributed by atoms with van der Waals surface area (Å²) in [5, 5.41) is 4.89. The van der Waals surface area contributed by atoms with Gasteiger partial charge in [-0.1, -0.05) is 297 Å². The van der Waals surface area contributed by atoms with Crippen molar-refractivity contribution >= 4 is 43.6 Å². The molecule has 2 heterocycles. The third-order valence-electron chi connectivity index (χ3n) is 20.9. The van der Waals surface area contributed by atoms with Gasteiger partial charge in [0.15, 0.2) is 0 Å². The SMILES string of the molecule is c1ccc(-c2cccc(-c3cccc(-c4ccc(-c5cccc(-c6cc(-c7cccc(-c8ccccc8)c7)cc(-c7cccc(-c8cccc(-n9c%10ccccc%10c%10cc(-c%11ccc%12c(c%11)c%11ccccc%11n%12-c%11cccc(-c%12cccc(-c%13ccccc%13)c%12)c%11)ccc%109)c8)c7)c6)c5)cc4)c3)c2)cc1. The summed E-state index contributed by atoms with van der Waals surface area (Å²) in [5.41, 5.74) is 35.3. The van der Waals surface area contributed by atoms with Crippen molar-refractivity contribution in [3.63, 3.8) is 0 Å². The summed E-state index contributed by atoms with van der Waals surface area (Å²) in [6.45, 7) is 0. The van der Waals surface area contributed by atoms with Crippen molar-refractivity contribution in [3.05, 3.63) is 413 Å². The first kappa shape index (κ1) is 61.4. The fourth-order valence-corrected chi connectivity index (χ4v) is 15.7. The Labute approximate surface area is 606 Å². The van der Waals surface area contributed by atoms with E-state index in [-0.39, 0.29) is 0 Å². The number of para-hydroxylation sites is 2. The van der Waals surface area contributed by atoms with E-state index in [2.05, 4.69) is 422 Å². The van der Waals surface area contributed by atoms with E-state index in [1.165, 1.54) is 133 Å². The van der Waals surface area contributed by atoms with E-state index in [0.29, 0.717) is 0 Å². The van der Waals surface area contributed by atoms with Crippen LogP contribution < -0.4 is 0 Å². The highest BCUT2D eigenvalue weighted by Crippen LogP contribution is 2.43. The zero-order valence-electron chi connectivity index (χ0n) is 57.2. The van der Waals surface area contributed by atoms with Gasteiger partial charge in [0, 0.05) is 32.9 Å². The summed E-state index contributed by atoms with van der Waals surface area (Å²) in [5.74, 6) is 0. The average Bonchev–Trinajstić information content (AvgIpc) is 1.58. The van der Waals surface area contributed by atoms with Crippen molar-refractivity contribution < 1.29 is 0 Å². The predicted octanol–water partition coefficient (Wildman–Crippen LogP) is 27.9. The molecule has 0 amide bonds. The largest absolute Gasteiger partial charge is 0.309 e. The number of benzene rings is 17. The Bertz CT molecular complexity index is 6450. The van der Waals surface area contributed by atoms with Gasteiger partial charge in [-0.25, -0.2) is 0 Å². The number of hydrogen-bond acceptors (Lipinski definition) is 0. The van der Waals surface area contributed by atoms with E-state index in [1.807, 2.05) is 0 Å². The monoisotopic (exact) mass is 1320 g/mol. The van der Waals surface area contributed by atoms with E-state index < -0.39 is 0 Å². The molecule has 0 saturated carbocycles. The second-order valence-electron chi connectivity index (χ2n) is 27.2. The predicted molar refractivity (Wildman–Crippen MR) is 440 cm³/mol. The van der Waals surface area contributed by atoms with Crippen LogP contribution in [0.15, 0.2) is 413 Å². The smallest absolute Gasteiger partial charge is 0.0541 e. The third kappa shape index (κ3) is 11.7. The Kier molecular flexibility index (Phi) is 15.6. The lowest BCUT2D eigenvalue weighted by Crippen LogP contribution is -1.95. The lowest BCUT2D eigenvalue weighted by atomic mass is 9.90. The molecule has 2 nitrogen and oxygen atoms in total. The van der Waals surface area contributed by atoms with Gasteiger partial charge < -0.3 is 9.13 Å². The van der Waals surface area contributed by atoms with Crippen LogP contribution in [0, 0.1) is 0 Å². The lowest BCUT2D eigenvalue weighted by molar-refractivity contribution is 1.18. The minimum atomic E-state index is 1.11. The number of fused-ring (bicyclic) bond motifs is 6. The van der Waals surface area contributed by atoms with Gasteiger partial charge in [-0.3, -0.25) is 0 Å². The van der Waals surface area contributed by atoms with Crippen LogP contribution in [-0.2, 0) is 0 Å². The highest BCUT2D eigenvalue weighted by molar-refractivity contribution is 6.13. The van der Waals surface area contributed by atoms with Crippen molar-refractivity contribution in [1.82, 2.24) is 9.13 Å². The Morgan fingerprint density at radius 3 is 0.606 bits per heavy atom. The first-order chi connectivity index (χ1) is 51.5. The maximum atomic E-state index is 2.44. The standard InChI is InChI=1S/C102H68N2/c1-4-22-69(23-5-1)74-28-14-33-79(56-74)80-34-16-31-77(58-80)72-48-50-73(51-49-72)78-32-18-38-84(60-78)91-62-90(83-37-17-30-76(59-83)71-26-8-3-9-27-71)63-92(64-91)85-39-19-36-82(61-85)87-41-21-43-94(66-87)104-100-47-13-11-45-96(100)98-68-89(53-55-102(98)104)88-52-54-101-97(67-88)95-44-10-12-46-99(95)103(101)93-42-20-40-86(65-93)81-35-15-29-75(57-81)70-24-6-2-7-25-70/h1-68H. The summed E-state index contributed by atoms with van der Waals surface area (Å²) < 4.78 is 4.87. The van der Waals surface area contributed by atoms with Crippen LogP contribution >= 0.6 is 0 Å². The summed E-state index contributed by atoms with van der Waals surface area (Å²) >= 11 is 0. The van der Waals surface area contributed by atoms with E-state index in [0.717, 1.165) is 55.8 Å². The topological polar surface area (TPSA) is 9.86 Å². The number of aromatic nitrogens is 2. The van der Waals surface area contributed by atoms with E-state index in [4.69, 9.17) is 0 Å². The quantitative estimate of drug-likeness (QED) is 0.103. The van der Waals surface area contributed by atoms with Gasteiger partial charge in [0.2, 0.25) is 0 Å². The molecule has 0 atom stereocenters. The second kappa shape index (κ2) is 26.5. The first-order valence-electron chi connectivity index (χ1n) is 35.8. The van der Waals surface area contributed by atoms with Gasteiger partial charge in [0.25, 0.3) is 0 Å². The van der Waals surface area contributed by atoms with Crippen molar-refractivity contribution in [1.29, 1.82) is 0 Å². The molecule has 0 radical (unpaired) electrons. The Hall–Kier alpha value is -13.7. The Balaban J connectivity index is 0.642. The zero-order chi connectivity index (χ0) is 68.9. The number of hydrogen-bond donors (Lipinski definition) is 0. The van der Waals surface area contributed by atoms with Crippen molar-refractivity contribution in [2.24, 2.45) is 0 Å². The van der Waals surface area contributed by atoms with Gasteiger partial charge in [0.05, 0.1) is 22.1 Å². The van der Waals surface area contributed by atoms with Crippen molar-refractivity contribution in [3.8, 4) is 145 Å². The molecule has 17 aromatic carbocycles.